The van der Waals surface area contributed by atoms with Crippen molar-refractivity contribution in [2.24, 2.45) is 5.73 Å². The lowest BCUT2D eigenvalue weighted by atomic mass is 10.0. The first kappa shape index (κ1) is 32.8. The van der Waals surface area contributed by atoms with Gasteiger partial charge in [0.25, 0.3) is 0 Å². The molecule has 0 fully saturated rings. The fraction of sp³-hybridized carbons (Fsp3) is 0.300. The van der Waals surface area contributed by atoms with Gasteiger partial charge in [-0.3, -0.25) is 14.4 Å². The van der Waals surface area contributed by atoms with Crippen molar-refractivity contribution in [3.63, 3.8) is 0 Å². The molecule has 0 unspecified atom stereocenters. The summed E-state index contributed by atoms with van der Waals surface area (Å²) in [6.07, 6.45) is 0.635. The molecular formula is C30H41NO3. The fourth-order valence-electron chi connectivity index (χ4n) is 2.36. The first-order chi connectivity index (χ1) is 16.3. The zero-order valence-electron chi connectivity index (χ0n) is 21.7. The van der Waals surface area contributed by atoms with Crippen LogP contribution < -0.4 is 5.73 Å². The third-order valence-corrected chi connectivity index (χ3v) is 4.18. The average Bonchev–Trinajstić information content (AvgIpc) is 2.89. The molecule has 0 saturated carbocycles. The Morgan fingerprint density at radius 1 is 0.588 bits per heavy atom. The number of carbonyl (C=O) groups is 3. The highest BCUT2D eigenvalue weighted by Gasteiger charge is 2.07. The van der Waals surface area contributed by atoms with Gasteiger partial charge >= 0.3 is 0 Å². The summed E-state index contributed by atoms with van der Waals surface area (Å²) in [5.41, 5.74) is 8.26. The maximum absolute atomic E-state index is 10.8. The van der Waals surface area contributed by atoms with Crippen LogP contribution in [0.1, 0.15) is 74.7 Å². The van der Waals surface area contributed by atoms with Crippen LogP contribution >= 0.6 is 0 Å². The number of rotatable bonds is 5. The minimum atomic E-state index is -0.354. The highest BCUT2D eigenvalue weighted by atomic mass is 16.1. The Labute approximate surface area is 206 Å². The molecular weight excluding hydrogens is 422 g/mol. The molecule has 3 aromatic rings. The zero-order chi connectivity index (χ0) is 26.4. The Kier molecular flexibility index (Phi) is 20.7. The summed E-state index contributed by atoms with van der Waals surface area (Å²) < 4.78 is 0. The topological polar surface area (TPSA) is 77.2 Å². The largest absolute Gasteiger partial charge is 0.321 e. The van der Waals surface area contributed by atoms with Crippen LogP contribution in [-0.4, -0.2) is 23.4 Å². The van der Waals surface area contributed by atoms with Crippen molar-refractivity contribution in [2.45, 2.75) is 60.9 Å². The van der Waals surface area contributed by atoms with Gasteiger partial charge in [-0.05, 0) is 32.8 Å². The van der Waals surface area contributed by atoms with Gasteiger partial charge in [-0.25, -0.2) is 0 Å². The van der Waals surface area contributed by atoms with Crippen molar-refractivity contribution in [3.05, 3.63) is 108 Å². The summed E-state index contributed by atoms with van der Waals surface area (Å²) in [5.74, 6) is 0.282. The van der Waals surface area contributed by atoms with Crippen LogP contribution in [0.15, 0.2) is 91.0 Å². The summed E-state index contributed by atoms with van der Waals surface area (Å²) in [6.45, 7) is 12.7. The van der Waals surface area contributed by atoms with Crippen LogP contribution in [0.4, 0.5) is 0 Å². The van der Waals surface area contributed by atoms with Crippen molar-refractivity contribution in [1.29, 1.82) is 0 Å². The number of ketones is 3. The maximum atomic E-state index is 10.8. The Morgan fingerprint density at radius 3 is 1.12 bits per heavy atom. The Balaban J connectivity index is 0. The van der Waals surface area contributed by atoms with Crippen molar-refractivity contribution in [1.82, 2.24) is 0 Å². The first-order valence-corrected chi connectivity index (χ1v) is 11.7. The Bertz CT molecular complexity index is 858. The minimum absolute atomic E-state index is 0.0406. The second-order valence-electron chi connectivity index (χ2n) is 6.75. The van der Waals surface area contributed by atoms with Crippen LogP contribution in [0, 0.1) is 0 Å². The molecule has 34 heavy (non-hydrogen) atoms. The smallest absolute Gasteiger partial charge is 0.159 e. The molecule has 0 heterocycles. The molecule has 0 saturated heterocycles. The molecule has 0 aliphatic heterocycles. The number of benzene rings is 3. The Morgan fingerprint density at radius 2 is 0.882 bits per heavy atom. The lowest BCUT2D eigenvalue weighted by Gasteiger charge is -2.06. The SMILES string of the molecule is CC.CC.CC(=O)[C@H](N)Cc1ccccc1.CC(=O)c1ccccc1.CC(=O)c1ccccc1. The summed E-state index contributed by atoms with van der Waals surface area (Å²) in [6, 6.07) is 27.9. The van der Waals surface area contributed by atoms with Gasteiger partial charge in [0.05, 0.1) is 6.04 Å². The van der Waals surface area contributed by atoms with Gasteiger partial charge in [0, 0.05) is 11.1 Å². The van der Waals surface area contributed by atoms with Gasteiger partial charge < -0.3 is 5.73 Å². The highest BCUT2D eigenvalue weighted by molar-refractivity contribution is 5.94. The third kappa shape index (κ3) is 16.3. The second kappa shape index (κ2) is 21.5. The van der Waals surface area contributed by atoms with Gasteiger partial charge in [0.2, 0.25) is 0 Å². The number of hydrogen-bond donors (Lipinski definition) is 1. The van der Waals surface area contributed by atoms with E-state index in [9.17, 15) is 14.4 Å². The van der Waals surface area contributed by atoms with Gasteiger partial charge in [0.1, 0.15) is 5.78 Å². The van der Waals surface area contributed by atoms with Crippen LogP contribution in [0.3, 0.4) is 0 Å². The van der Waals surface area contributed by atoms with Crippen LogP contribution in [0.5, 0.6) is 0 Å². The maximum Gasteiger partial charge on any atom is 0.159 e. The molecule has 0 spiro atoms. The lowest BCUT2D eigenvalue weighted by molar-refractivity contribution is -0.118. The van der Waals surface area contributed by atoms with E-state index in [4.69, 9.17) is 5.73 Å². The standard InChI is InChI=1S/C10H13NO.2C8H8O.2C2H6/c1-8(12)10(11)7-9-5-3-2-4-6-9;2*1-7(9)8-5-3-2-4-6-8;2*1-2/h2-6,10H,7,11H2,1H3;2*2-6H,1H3;2*1-2H3/t10-;;;;/m1..../s1. The predicted octanol–water partition coefficient (Wildman–Crippen LogP) is 6.98. The number of hydrogen-bond acceptors (Lipinski definition) is 4. The average molecular weight is 464 g/mol. The summed E-state index contributed by atoms with van der Waals surface area (Å²) in [7, 11) is 0. The molecule has 0 radical (unpaired) electrons. The number of carbonyl (C=O) groups excluding carboxylic acids is 3. The normalized spacial score (nSPS) is 9.53. The molecule has 1 atom stereocenters. The van der Waals surface area contributed by atoms with Crippen LogP contribution in [-0.2, 0) is 11.2 Å². The molecule has 4 heteroatoms. The van der Waals surface area contributed by atoms with E-state index in [1.165, 1.54) is 6.92 Å². The third-order valence-electron chi connectivity index (χ3n) is 4.18. The fourth-order valence-corrected chi connectivity index (χ4v) is 2.36. The number of Topliss-reactive ketones (excluding diaryl/α,β-unsaturated/α-hetero) is 3. The lowest BCUT2D eigenvalue weighted by Crippen LogP contribution is -2.30. The molecule has 184 valence electrons. The van der Waals surface area contributed by atoms with E-state index in [2.05, 4.69) is 0 Å². The van der Waals surface area contributed by atoms with Crippen molar-refractivity contribution >= 4 is 17.3 Å². The van der Waals surface area contributed by atoms with Gasteiger partial charge in [-0.1, -0.05) is 119 Å². The molecule has 2 N–H and O–H groups in total. The first-order valence-electron chi connectivity index (χ1n) is 11.7. The molecule has 0 aliphatic carbocycles. The zero-order valence-corrected chi connectivity index (χ0v) is 21.7. The van der Waals surface area contributed by atoms with E-state index in [0.29, 0.717) is 6.42 Å². The number of nitrogens with two attached hydrogens (primary N) is 1. The van der Waals surface area contributed by atoms with E-state index < -0.39 is 0 Å². The van der Waals surface area contributed by atoms with E-state index in [0.717, 1.165) is 16.7 Å². The van der Waals surface area contributed by atoms with Crippen LogP contribution in [0.2, 0.25) is 0 Å². The summed E-state index contributed by atoms with van der Waals surface area (Å²) in [5, 5.41) is 0. The summed E-state index contributed by atoms with van der Waals surface area (Å²) in [4.78, 5) is 32.1. The second-order valence-corrected chi connectivity index (χ2v) is 6.75. The van der Waals surface area contributed by atoms with Gasteiger partial charge in [0.15, 0.2) is 11.6 Å². The molecule has 0 bridgehead atoms. The van der Waals surface area contributed by atoms with Crippen molar-refractivity contribution in [3.8, 4) is 0 Å². The van der Waals surface area contributed by atoms with Crippen LogP contribution in [0.25, 0.3) is 0 Å². The molecule has 3 rings (SSSR count). The molecule has 3 aromatic carbocycles. The summed E-state index contributed by atoms with van der Waals surface area (Å²) >= 11 is 0. The molecule has 0 amide bonds. The van der Waals surface area contributed by atoms with E-state index in [-0.39, 0.29) is 23.4 Å². The van der Waals surface area contributed by atoms with Gasteiger partial charge in [-0.2, -0.15) is 0 Å². The predicted molar refractivity (Wildman–Crippen MR) is 144 cm³/mol. The Hall–Kier alpha value is -3.37. The molecule has 0 aliphatic rings. The minimum Gasteiger partial charge on any atom is -0.321 e. The quantitative estimate of drug-likeness (QED) is 0.414. The highest BCUT2D eigenvalue weighted by Crippen LogP contribution is 2.02. The monoisotopic (exact) mass is 463 g/mol. The van der Waals surface area contributed by atoms with E-state index >= 15 is 0 Å². The molecule has 4 nitrogen and oxygen atoms in total. The van der Waals surface area contributed by atoms with E-state index in [1.54, 1.807) is 13.8 Å². The van der Waals surface area contributed by atoms with Crippen molar-refractivity contribution in [2.75, 3.05) is 0 Å². The molecule has 0 aromatic heterocycles. The van der Waals surface area contributed by atoms with Gasteiger partial charge in [-0.15, -0.1) is 0 Å². The van der Waals surface area contributed by atoms with Crippen molar-refractivity contribution < 1.29 is 14.4 Å². The van der Waals surface area contributed by atoms with E-state index in [1.807, 2.05) is 119 Å².